The van der Waals surface area contributed by atoms with E-state index in [1.165, 1.54) is 0 Å². The fourth-order valence-corrected chi connectivity index (χ4v) is 1.51. The first-order valence-corrected chi connectivity index (χ1v) is 6.71. The number of amides is 1. The maximum atomic E-state index is 11.6. The number of rotatable bonds is 13. The molecule has 0 saturated heterocycles. The second-order valence-electron chi connectivity index (χ2n) is 4.39. The van der Waals surface area contributed by atoms with Crippen LogP contribution in [0, 0.1) is 0 Å². The smallest absolute Gasteiger partial charge is 0.234 e. The number of ether oxygens (including phenoxy) is 3. The molecule has 0 spiro atoms. The Labute approximate surface area is 116 Å². The van der Waals surface area contributed by atoms with Crippen LogP contribution in [-0.2, 0) is 19.0 Å². The molecule has 1 amide bonds. The Morgan fingerprint density at radius 2 is 1.79 bits per heavy atom. The fraction of sp³-hybridized carbons (Fsp3) is 0.923. The molecule has 0 saturated carbocycles. The minimum Gasteiger partial charge on any atom is -0.385 e. The first-order chi connectivity index (χ1) is 9.20. The van der Waals surface area contributed by atoms with Gasteiger partial charge in [0.2, 0.25) is 5.91 Å². The molecule has 0 aromatic heterocycles. The van der Waals surface area contributed by atoms with Crippen LogP contribution in [0.25, 0.3) is 0 Å². The molecular formula is C13H28N2O4. The zero-order valence-electron chi connectivity index (χ0n) is 12.4. The molecular weight excluding hydrogens is 248 g/mol. The summed E-state index contributed by atoms with van der Waals surface area (Å²) in [4.78, 5) is 13.6. The van der Waals surface area contributed by atoms with Crippen molar-refractivity contribution in [3.63, 3.8) is 0 Å². The summed E-state index contributed by atoms with van der Waals surface area (Å²) < 4.78 is 15.1. The summed E-state index contributed by atoms with van der Waals surface area (Å²) in [6.45, 7) is 4.52. The van der Waals surface area contributed by atoms with E-state index in [1.807, 2.05) is 11.9 Å². The van der Waals surface area contributed by atoms with Crippen LogP contribution >= 0.6 is 0 Å². The topological polar surface area (TPSA) is 60.0 Å². The van der Waals surface area contributed by atoms with Gasteiger partial charge in [0, 0.05) is 40.5 Å². The lowest BCUT2D eigenvalue weighted by Crippen LogP contribution is -2.36. The van der Waals surface area contributed by atoms with Crippen molar-refractivity contribution in [2.75, 3.05) is 67.3 Å². The Balaban J connectivity index is 3.33. The molecule has 0 atom stereocenters. The molecule has 0 rings (SSSR count). The number of methoxy groups -OCH3 is 2. The molecule has 0 heterocycles. The minimum absolute atomic E-state index is 0.0526. The number of carbonyl (C=O) groups is 1. The lowest BCUT2D eigenvalue weighted by Gasteiger charge is -2.15. The summed E-state index contributed by atoms with van der Waals surface area (Å²) in [6.07, 6.45) is 1.76. The van der Waals surface area contributed by atoms with Crippen molar-refractivity contribution in [3.05, 3.63) is 0 Å². The molecule has 0 aliphatic heterocycles. The highest BCUT2D eigenvalue weighted by Crippen LogP contribution is 1.88. The number of hydrogen-bond donors (Lipinski definition) is 1. The van der Waals surface area contributed by atoms with E-state index in [-0.39, 0.29) is 5.91 Å². The zero-order valence-corrected chi connectivity index (χ0v) is 12.4. The number of carbonyl (C=O) groups excluding carboxylic acids is 1. The third-order valence-electron chi connectivity index (χ3n) is 2.52. The number of nitrogens with one attached hydrogen (secondary N) is 1. The summed E-state index contributed by atoms with van der Waals surface area (Å²) in [7, 11) is 5.26. The molecule has 114 valence electrons. The second-order valence-corrected chi connectivity index (χ2v) is 4.39. The first kappa shape index (κ1) is 18.3. The number of likely N-dealkylation sites (N-methyl/N-ethyl adjacent to an activating group) is 1. The van der Waals surface area contributed by atoms with E-state index < -0.39 is 0 Å². The normalized spacial score (nSPS) is 10.9. The van der Waals surface area contributed by atoms with Crippen molar-refractivity contribution in [1.82, 2.24) is 10.2 Å². The quantitative estimate of drug-likeness (QED) is 0.484. The van der Waals surface area contributed by atoms with Crippen molar-refractivity contribution in [3.8, 4) is 0 Å². The van der Waals surface area contributed by atoms with Crippen LogP contribution in [0.4, 0.5) is 0 Å². The monoisotopic (exact) mass is 276 g/mol. The summed E-state index contributed by atoms with van der Waals surface area (Å²) in [5.74, 6) is 0.0526. The van der Waals surface area contributed by atoms with Gasteiger partial charge in [0.1, 0.15) is 0 Å². The minimum atomic E-state index is 0.0526. The summed E-state index contributed by atoms with van der Waals surface area (Å²) in [6, 6.07) is 0. The highest BCUT2D eigenvalue weighted by molar-refractivity contribution is 5.77. The average Bonchev–Trinajstić information content (AvgIpc) is 2.38. The predicted octanol–water partition coefficient (Wildman–Crippen LogP) is 0.124. The maximum Gasteiger partial charge on any atom is 0.234 e. The highest BCUT2D eigenvalue weighted by Gasteiger charge is 2.05. The second kappa shape index (κ2) is 13.7. The average molecular weight is 276 g/mol. The Morgan fingerprint density at radius 3 is 2.47 bits per heavy atom. The molecule has 6 heteroatoms. The summed E-state index contributed by atoms with van der Waals surface area (Å²) in [5.41, 5.74) is 0. The van der Waals surface area contributed by atoms with E-state index >= 15 is 0 Å². The van der Waals surface area contributed by atoms with Crippen molar-refractivity contribution in [1.29, 1.82) is 0 Å². The third kappa shape index (κ3) is 13.5. The van der Waals surface area contributed by atoms with E-state index in [0.717, 1.165) is 26.0 Å². The Morgan fingerprint density at radius 1 is 1.05 bits per heavy atom. The predicted molar refractivity (Wildman–Crippen MR) is 74.3 cm³/mol. The number of nitrogens with zero attached hydrogens (tertiary/aromatic N) is 1. The molecule has 0 bridgehead atoms. The molecule has 19 heavy (non-hydrogen) atoms. The van der Waals surface area contributed by atoms with Crippen LogP contribution in [-0.4, -0.2) is 78.1 Å². The van der Waals surface area contributed by atoms with Crippen LogP contribution in [0.3, 0.4) is 0 Å². The standard InChI is InChI=1S/C13H28N2O4/c1-15(7-5-8-17-2)12-13(16)14-6-4-9-19-11-10-18-3/h4-12H2,1-3H3,(H,14,16). The molecule has 6 nitrogen and oxygen atoms in total. The lowest BCUT2D eigenvalue weighted by molar-refractivity contribution is -0.122. The Bertz CT molecular complexity index is 215. The molecule has 1 N–H and O–H groups in total. The van der Waals surface area contributed by atoms with E-state index in [1.54, 1.807) is 14.2 Å². The first-order valence-electron chi connectivity index (χ1n) is 6.71. The Kier molecular flexibility index (Phi) is 13.2. The van der Waals surface area contributed by atoms with Gasteiger partial charge in [-0.3, -0.25) is 9.69 Å². The summed E-state index contributed by atoms with van der Waals surface area (Å²) in [5, 5.41) is 2.87. The van der Waals surface area contributed by atoms with Gasteiger partial charge in [-0.1, -0.05) is 0 Å². The van der Waals surface area contributed by atoms with Gasteiger partial charge in [0.15, 0.2) is 0 Å². The highest BCUT2D eigenvalue weighted by atomic mass is 16.5. The van der Waals surface area contributed by atoms with E-state index in [2.05, 4.69) is 5.32 Å². The molecule has 0 aromatic rings. The molecule has 0 aromatic carbocycles. The van der Waals surface area contributed by atoms with E-state index in [0.29, 0.717) is 32.9 Å². The zero-order chi connectivity index (χ0) is 14.3. The molecule has 0 unspecified atom stereocenters. The fourth-order valence-electron chi connectivity index (χ4n) is 1.51. The molecule has 0 radical (unpaired) electrons. The molecule has 0 aliphatic carbocycles. The van der Waals surface area contributed by atoms with Crippen LogP contribution in [0.15, 0.2) is 0 Å². The van der Waals surface area contributed by atoms with Crippen LogP contribution < -0.4 is 5.32 Å². The van der Waals surface area contributed by atoms with E-state index in [4.69, 9.17) is 14.2 Å². The van der Waals surface area contributed by atoms with Gasteiger partial charge in [0.05, 0.1) is 19.8 Å². The van der Waals surface area contributed by atoms with Gasteiger partial charge in [-0.05, 0) is 19.9 Å². The van der Waals surface area contributed by atoms with Gasteiger partial charge in [0.25, 0.3) is 0 Å². The number of hydrogen-bond acceptors (Lipinski definition) is 5. The third-order valence-corrected chi connectivity index (χ3v) is 2.52. The van der Waals surface area contributed by atoms with E-state index in [9.17, 15) is 4.79 Å². The van der Waals surface area contributed by atoms with Crippen LogP contribution in [0.1, 0.15) is 12.8 Å². The Hall–Kier alpha value is -0.690. The van der Waals surface area contributed by atoms with Gasteiger partial charge in [-0.25, -0.2) is 0 Å². The van der Waals surface area contributed by atoms with Crippen LogP contribution in [0.5, 0.6) is 0 Å². The summed E-state index contributed by atoms with van der Waals surface area (Å²) >= 11 is 0. The SMILES string of the molecule is COCCCN(C)CC(=O)NCCCOCCOC. The van der Waals surface area contributed by atoms with Crippen molar-refractivity contribution in [2.45, 2.75) is 12.8 Å². The van der Waals surface area contributed by atoms with Gasteiger partial charge in [-0.15, -0.1) is 0 Å². The maximum absolute atomic E-state index is 11.6. The molecule has 0 fully saturated rings. The van der Waals surface area contributed by atoms with Crippen molar-refractivity contribution < 1.29 is 19.0 Å². The van der Waals surface area contributed by atoms with Gasteiger partial charge in [-0.2, -0.15) is 0 Å². The largest absolute Gasteiger partial charge is 0.385 e. The van der Waals surface area contributed by atoms with Crippen molar-refractivity contribution in [2.24, 2.45) is 0 Å². The van der Waals surface area contributed by atoms with Crippen LogP contribution in [0.2, 0.25) is 0 Å². The van der Waals surface area contributed by atoms with Gasteiger partial charge >= 0.3 is 0 Å². The van der Waals surface area contributed by atoms with Gasteiger partial charge < -0.3 is 19.5 Å². The molecule has 0 aliphatic rings. The lowest BCUT2D eigenvalue weighted by atomic mass is 10.4. The van der Waals surface area contributed by atoms with Crippen molar-refractivity contribution >= 4 is 5.91 Å².